The van der Waals surface area contributed by atoms with Crippen molar-refractivity contribution in [2.45, 2.75) is 26.4 Å². The molecule has 2 aromatic carbocycles. The van der Waals surface area contributed by atoms with Crippen molar-refractivity contribution in [1.29, 1.82) is 0 Å². The van der Waals surface area contributed by atoms with Crippen molar-refractivity contribution in [2.24, 2.45) is 0 Å². The lowest BCUT2D eigenvalue weighted by Gasteiger charge is -2.14. The molecule has 0 radical (unpaired) electrons. The van der Waals surface area contributed by atoms with Crippen molar-refractivity contribution in [3.05, 3.63) is 53.3 Å². The first-order valence-corrected chi connectivity index (χ1v) is 8.76. The van der Waals surface area contributed by atoms with E-state index in [1.807, 2.05) is 19.9 Å². The molecule has 1 aliphatic heterocycles. The van der Waals surface area contributed by atoms with E-state index in [1.165, 1.54) is 18.2 Å². The van der Waals surface area contributed by atoms with E-state index < -0.39 is 17.6 Å². The summed E-state index contributed by atoms with van der Waals surface area (Å²) in [6.45, 7) is 4.03. The SMILES string of the molecule is CCOc1cc2c(cc1NC(=O)CNC(=O)c1cccc(F)c1)OC(C)C2. The third kappa shape index (κ3) is 4.55. The van der Waals surface area contributed by atoms with Gasteiger partial charge in [-0.15, -0.1) is 0 Å². The number of nitrogens with one attached hydrogen (secondary N) is 2. The van der Waals surface area contributed by atoms with Crippen molar-refractivity contribution in [3.8, 4) is 11.5 Å². The van der Waals surface area contributed by atoms with Crippen LogP contribution in [0.15, 0.2) is 36.4 Å². The largest absolute Gasteiger partial charge is 0.492 e. The predicted molar refractivity (Wildman–Crippen MR) is 98.8 cm³/mol. The van der Waals surface area contributed by atoms with Crippen LogP contribution in [-0.4, -0.2) is 31.1 Å². The summed E-state index contributed by atoms with van der Waals surface area (Å²) in [6, 6.07) is 8.86. The van der Waals surface area contributed by atoms with Gasteiger partial charge in [-0.25, -0.2) is 4.39 Å². The van der Waals surface area contributed by atoms with Crippen molar-refractivity contribution >= 4 is 17.5 Å². The second-order valence-corrected chi connectivity index (χ2v) is 6.26. The number of fused-ring (bicyclic) bond motifs is 1. The molecule has 0 bridgehead atoms. The zero-order valence-electron chi connectivity index (χ0n) is 15.2. The van der Waals surface area contributed by atoms with Crippen LogP contribution in [0.1, 0.15) is 29.8 Å². The van der Waals surface area contributed by atoms with Crippen LogP contribution < -0.4 is 20.1 Å². The summed E-state index contributed by atoms with van der Waals surface area (Å²) in [5, 5.41) is 5.19. The molecule has 0 fully saturated rings. The molecule has 0 saturated heterocycles. The second-order valence-electron chi connectivity index (χ2n) is 6.26. The fourth-order valence-corrected chi connectivity index (χ4v) is 2.90. The predicted octanol–water partition coefficient (Wildman–Crippen LogP) is 2.92. The van der Waals surface area contributed by atoms with Crippen LogP contribution in [-0.2, 0) is 11.2 Å². The van der Waals surface area contributed by atoms with Crippen LogP contribution in [0.25, 0.3) is 0 Å². The zero-order valence-corrected chi connectivity index (χ0v) is 15.2. The summed E-state index contributed by atoms with van der Waals surface area (Å²) in [7, 11) is 0. The molecular weight excluding hydrogens is 351 g/mol. The maximum Gasteiger partial charge on any atom is 0.251 e. The number of benzene rings is 2. The summed E-state index contributed by atoms with van der Waals surface area (Å²) in [4.78, 5) is 24.3. The van der Waals surface area contributed by atoms with Gasteiger partial charge in [0.2, 0.25) is 5.91 Å². The van der Waals surface area contributed by atoms with Crippen molar-refractivity contribution in [2.75, 3.05) is 18.5 Å². The van der Waals surface area contributed by atoms with Crippen molar-refractivity contribution in [1.82, 2.24) is 5.32 Å². The Bertz CT molecular complexity index is 869. The quantitative estimate of drug-likeness (QED) is 0.817. The Kier molecular flexibility index (Phi) is 5.59. The number of hydrogen-bond donors (Lipinski definition) is 2. The smallest absolute Gasteiger partial charge is 0.251 e. The first kappa shape index (κ1) is 18.7. The number of anilines is 1. The Morgan fingerprint density at radius 1 is 1.30 bits per heavy atom. The molecule has 2 amide bonds. The first-order chi connectivity index (χ1) is 13.0. The van der Waals surface area contributed by atoms with Crippen LogP contribution in [0.5, 0.6) is 11.5 Å². The van der Waals surface area contributed by atoms with Crippen LogP contribution in [0.2, 0.25) is 0 Å². The van der Waals surface area contributed by atoms with E-state index in [4.69, 9.17) is 9.47 Å². The molecule has 1 aliphatic rings. The lowest BCUT2D eigenvalue weighted by atomic mass is 10.1. The molecule has 1 atom stereocenters. The van der Waals surface area contributed by atoms with Gasteiger partial charge in [0.15, 0.2) is 0 Å². The van der Waals surface area contributed by atoms with Crippen LogP contribution in [0, 0.1) is 5.82 Å². The number of carbonyl (C=O) groups excluding carboxylic acids is 2. The Hall–Kier alpha value is -3.09. The number of hydrogen-bond acceptors (Lipinski definition) is 4. The molecule has 2 aromatic rings. The molecule has 6 nitrogen and oxygen atoms in total. The van der Waals surface area contributed by atoms with Crippen LogP contribution >= 0.6 is 0 Å². The number of rotatable bonds is 6. The maximum absolute atomic E-state index is 13.2. The summed E-state index contributed by atoms with van der Waals surface area (Å²) in [6.07, 6.45) is 0.860. The van der Waals surface area contributed by atoms with E-state index >= 15 is 0 Å². The average molecular weight is 372 g/mol. The van der Waals surface area contributed by atoms with Gasteiger partial charge in [0, 0.05) is 23.6 Å². The number of ether oxygens (including phenoxy) is 2. The summed E-state index contributed by atoms with van der Waals surface area (Å²) >= 11 is 0. The fraction of sp³-hybridized carbons (Fsp3) is 0.300. The Balaban J connectivity index is 1.65. The molecule has 1 heterocycles. The summed E-state index contributed by atoms with van der Waals surface area (Å²) in [5.41, 5.74) is 1.66. The maximum atomic E-state index is 13.2. The van der Waals surface area contributed by atoms with E-state index in [2.05, 4.69) is 10.6 Å². The number of halogens is 1. The van der Waals surface area contributed by atoms with Gasteiger partial charge in [-0.1, -0.05) is 6.07 Å². The highest BCUT2D eigenvalue weighted by Gasteiger charge is 2.22. The Labute approximate surface area is 156 Å². The monoisotopic (exact) mass is 372 g/mol. The lowest BCUT2D eigenvalue weighted by molar-refractivity contribution is -0.115. The van der Waals surface area contributed by atoms with Gasteiger partial charge in [0.05, 0.1) is 18.8 Å². The highest BCUT2D eigenvalue weighted by atomic mass is 19.1. The van der Waals surface area contributed by atoms with Crippen molar-refractivity contribution < 1.29 is 23.5 Å². The first-order valence-electron chi connectivity index (χ1n) is 8.76. The Morgan fingerprint density at radius 2 is 2.11 bits per heavy atom. The van der Waals surface area contributed by atoms with E-state index in [1.54, 1.807) is 6.07 Å². The fourth-order valence-electron chi connectivity index (χ4n) is 2.90. The molecule has 7 heteroatoms. The molecule has 0 saturated carbocycles. The van der Waals surface area contributed by atoms with E-state index in [0.29, 0.717) is 23.8 Å². The molecule has 0 aromatic heterocycles. The molecule has 142 valence electrons. The van der Waals surface area contributed by atoms with Crippen LogP contribution in [0.3, 0.4) is 0 Å². The molecule has 0 spiro atoms. The topological polar surface area (TPSA) is 76.7 Å². The van der Waals surface area contributed by atoms with Gasteiger partial charge in [-0.05, 0) is 38.1 Å². The second kappa shape index (κ2) is 8.07. The van der Waals surface area contributed by atoms with Crippen LogP contribution in [0.4, 0.5) is 10.1 Å². The van der Waals surface area contributed by atoms with E-state index in [9.17, 15) is 14.0 Å². The summed E-state index contributed by atoms with van der Waals surface area (Å²) < 4.78 is 24.5. The van der Waals surface area contributed by atoms with Gasteiger partial charge in [-0.3, -0.25) is 9.59 Å². The highest BCUT2D eigenvalue weighted by Crippen LogP contribution is 2.37. The van der Waals surface area contributed by atoms with Gasteiger partial charge < -0.3 is 20.1 Å². The molecule has 0 aliphatic carbocycles. The minimum atomic E-state index is -0.527. The minimum Gasteiger partial charge on any atom is -0.492 e. The zero-order chi connectivity index (χ0) is 19.4. The standard InChI is InChI=1S/C20H21FN2O4/c1-3-26-18-9-14-7-12(2)27-17(14)10-16(18)23-19(24)11-22-20(25)13-5-4-6-15(21)8-13/h4-6,8-10,12H,3,7,11H2,1-2H3,(H,22,25)(H,23,24). The van der Waals surface area contributed by atoms with Gasteiger partial charge in [0.1, 0.15) is 23.4 Å². The number of carbonyl (C=O) groups is 2. The van der Waals surface area contributed by atoms with Gasteiger partial charge >= 0.3 is 0 Å². The lowest BCUT2D eigenvalue weighted by Crippen LogP contribution is -2.33. The molecule has 2 N–H and O–H groups in total. The summed E-state index contributed by atoms with van der Waals surface area (Å²) in [5.74, 6) is -0.197. The molecule has 1 unspecified atom stereocenters. The highest BCUT2D eigenvalue weighted by molar-refractivity contribution is 6.00. The Morgan fingerprint density at radius 3 is 2.85 bits per heavy atom. The number of amides is 2. The van der Waals surface area contributed by atoms with E-state index in [-0.39, 0.29) is 18.2 Å². The average Bonchev–Trinajstić information content (AvgIpc) is 2.99. The normalized spacial score (nSPS) is 14.9. The van der Waals surface area contributed by atoms with E-state index in [0.717, 1.165) is 18.1 Å². The van der Waals surface area contributed by atoms with Crippen molar-refractivity contribution in [3.63, 3.8) is 0 Å². The molecule has 27 heavy (non-hydrogen) atoms. The minimum absolute atomic E-state index is 0.0750. The third-order valence-corrected chi connectivity index (χ3v) is 4.07. The molecule has 3 rings (SSSR count). The molecular formula is C20H21FN2O4. The third-order valence-electron chi connectivity index (χ3n) is 4.07. The van der Waals surface area contributed by atoms with Gasteiger partial charge in [-0.2, -0.15) is 0 Å². The van der Waals surface area contributed by atoms with Gasteiger partial charge in [0.25, 0.3) is 5.91 Å².